The fraction of sp³-hybridized carbons (Fsp3) is 0.556. The largest absolute Gasteiger partial charge is 0.478 e. The van der Waals surface area contributed by atoms with Crippen molar-refractivity contribution in [2.24, 2.45) is 0 Å². The summed E-state index contributed by atoms with van der Waals surface area (Å²) in [5.74, 6) is -1.01. The highest BCUT2D eigenvalue weighted by molar-refractivity contribution is 6.63. The van der Waals surface area contributed by atoms with Crippen LogP contribution < -0.4 is 5.32 Å². The van der Waals surface area contributed by atoms with Gasteiger partial charge in [-0.1, -0.05) is 20.3 Å². The highest BCUT2D eigenvalue weighted by atomic mass is 35.5. The van der Waals surface area contributed by atoms with E-state index in [9.17, 15) is 9.59 Å². The highest BCUT2D eigenvalue weighted by Crippen LogP contribution is 2.12. The van der Waals surface area contributed by atoms with Crippen molar-refractivity contribution in [1.82, 2.24) is 5.32 Å². The fourth-order valence-corrected chi connectivity index (χ4v) is 1.27. The average Bonchev–Trinajstić information content (AvgIpc) is 2.03. The third-order valence-corrected chi connectivity index (χ3v) is 1.82. The van der Waals surface area contributed by atoms with E-state index in [0.717, 1.165) is 6.42 Å². The summed E-state index contributed by atoms with van der Waals surface area (Å²) in [5, 5.41) is 10.4. The normalized spacial score (nSPS) is 11.9. The van der Waals surface area contributed by atoms with Gasteiger partial charge in [-0.3, -0.25) is 4.79 Å². The smallest absolute Gasteiger partial charge is 0.333 e. The molecular weight excluding hydrogens is 206 g/mol. The Bertz CT molecular complexity index is 261. The molecule has 0 aliphatic heterocycles. The van der Waals surface area contributed by atoms with Crippen molar-refractivity contribution >= 4 is 22.9 Å². The third kappa shape index (κ3) is 4.28. The second-order valence-electron chi connectivity index (χ2n) is 2.76. The monoisotopic (exact) mass is 219 g/mol. The van der Waals surface area contributed by atoms with Gasteiger partial charge in [0.15, 0.2) is 0 Å². The SMILES string of the molecule is CCC/C(NC(=O)Cl)=C(\CC)C(=O)O. The number of nitrogens with one attached hydrogen (secondary N) is 1. The zero-order valence-corrected chi connectivity index (χ0v) is 9.02. The first-order valence-corrected chi connectivity index (χ1v) is 4.82. The topological polar surface area (TPSA) is 66.4 Å². The Labute approximate surface area is 87.9 Å². The van der Waals surface area contributed by atoms with Crippen molar-refractivity contribution in [3.05, 3.63) is 11.3 Å². The number of amides is 1. The average molecular weight is 220 g/mol. The van der Waals surface area contributed by atoms with Crippen LogP contribution in [0.5, 0.6) is 0 Å². The molecule has 0 saturated heterocycles. The minimum atomic E-state index is -1.01. The zero-order valence-electron chi connectivity index (χ0n) is 8.26. The molecule has 0 atom stereocenters. The van der Waals surface area contributed by atoms with Gasteiger partial charge in [0.25, 0.3) is 0 Å². The molecule has 0 aromatic carbocycles. The van der Waals surface area contributed by atoms with Crippen molar-refractivity contribution in [2.75, 3.05) is 0 Å². The molecule has 0 saturated carbocycles. The number of aliphatic carboxylic acids is 1. The molecule has 5 heteroatoms. The molecule has 14 heavy (non-hydrogen) atoms. The maximum absolute atomic E-state index is 10.8. The third-order valence-electron chi connectivity index (χ3n) is 1.73. The first-order chi connectivity index (χ1) is 6.52. The van der Waals surface area contributed by atoms with Gasteiger partial charge in [-0.05, 0) is 24.4 Å². The highest BCUT2D eigenvalue weighted by Gasteiger charge is 2.13. The van der Waals surface area contributed by atoms with Crippen molar-refractivity contribution in [2.45, 2.75) is 33.1 Å². The van der Waals surface area contributed by atoms with Gasteiger partial charge in [0, 0.05) is 5.70 Å². The minimum Gasteiger partial charge on any atom is -0.478 e. The van der Waals surface area contributed by atoms with E-state index in [-0.39, 0.29) is 5.57 Å². The molecule has 0 unspecified atom stereocenters. The van der Waals surface area contributed by atoms with Gasteiger partial charge in [0.2, 0.25) is 0 Å². The number of carbonyl (C=O) groups excluding carboxylic acids is 1. The first kappa shape index (κ1) is 13.0. The number of allylic oxidation sites excluding steroid dienone is 1. The van der Waals surface area contributed by atoms with Crippen LogP contribution in [0.2, 0.25) is 0 Å². The van der Waals surface area contributed by atoms with Gasteiger partial charge >= 0.3 is 11.3 Å². The lowest BCUT2D eigenvalue weighted by Crippen LogP contribution is -2.20. The van der Waals surface area contributed by atoms with E-state index in [0.29, 0.717) is 18.5 Å². The molecule has 1 amide bonds. The van der Waals surface area contributed by atoms with Crippen LogP contribution in [0.25, 0.3) is 0 Å². The Hall–Kier alpha value is -1.03. The Balaban J connectivity index is 4.87. The molecule has 0 aliphatic rings. The van der Waals surface area contributed by atoms with Crippen LogP contribution in [-0.2, 0) is 4.79 Å². The Kier molecular flexibility index (Phi) is 5.95. The molecular formula is C9H14ClNO3. The number of carboxylic acid groups (broad SMARTS) is 1. The van der Waals surface area contributed by atoms with E-state index in [1.807, 2.05) is 6.92 Å². The Morgan fingerprint density at radius 3 is 2.21 bits per heavy atom. The standard InChI is InChI=1S/C9H14ClNO3/c1-3-5-7(11-9(10)14)6(4-2)8(12)13/h3-5H2,1-2H3,(H,11,14)(H,12,13)/b7-6-. The van der Waals surface area contributed by atoms with E-state index in [1.54, 1.807) is 6.92 Å². The summed E-state index contributed by atoms with van der Waals surface area (Å²) in [5.41, 5.74) is 0.614. The minimum absolute atomic E-state index is 0.209. The van der Waals surface area contributed by atoms with E-state index in [1.165, 1.54) is 0 Å². The lowest BCUT2D eigenvalue weighted by Gasteiger charge is -2.09. The van der Waals surface area contributed by atoms with Gasteiger partial charge in [-0.15, -0.1) is 0 Å². The summed E-state index contributed by atoms with van der Waals surface area (Å²) in [6.07, 6.45) is 1.62. The second-order valence-corrected chi connectivity index (χ2v) is 3.11. The predicted octanol–water partition coefficient (Wildman–Crippen LogP) is 2.48. The molecule has 2 N–H and O–H groups in total. The molecule has 0 spiro atoms. The van der Waals surface area contributed by atoms with Crippen LogP contribution in [0.15, 0.2) is 11.3 Å². The van der Waals surface area contributed by atoms with Crippen LogP contribution in [0.1, 0.15) is 33.1 Å². The number of hydrogen-bond donors (Lipinski definition) is 2. The molecule has 0 rings (SSSR count). The van der Waals surface area contributed by atoms with E-state index < -0.39 is 11.3 Å². The molecule has 0 aliphatic carbocycles. The summed E-state index contributed by atoms with van der Waals surface area (Å²) in [4.78, 5) is 21.4. The van der Waals surface area contributed by atoms with Gasteiger partial charge in [0.1, 0.15) is 0 Å². The van der Waals surface area contributed by atoms with Crippen molar-refractivity contribution in [1.29, 1.82) is 0 Å². The maximum Gasteiger partial charge on any atom is 0.333 e. The fourth-order valence-electron chi connectivity index (χ4n) is 1.15. The molecule has 0 aromatic rings. The van der Waals surface area contributed by atoms with Gasteiger partial charge < -0.3 is 10.4 Å². The summed E-state index contributed by atoms with van der Waals surface area (Å²) in [6, 6.07) is 0. The summed E-state index contributed by atoms with van der Waals surface area (Å²) in [7, 11) is 0. The van der Waals surface area contributed by atoms with E-state index in [4.69, 9.17) is 16.7 Å². The number of rotatable bonds is 5. The van der Waals surface area contributed by atoms with Crippen LogP contribution in [0, 0.1) is 0 Å². The lowest BCUT2D eigenvalue weighted by atomic mass is 10.1. The molecule has 4 nitrogen and oxygen atoms in total. The zero-order chi connectivity index (χ0) is 11.1. The summed E-state index contributed by atoms with van der Waals surface area (Å²) >= 11 is 5.14. The number of carbonyl (C=O) groups is 2. The van der Waals surface area contributed by atoms with Crippen LogP contribution in [0.3, 0.4) is 0 Å². The predicted molar refractivity (Wildman–Crippen MR) is 54.2 cm³/mol. The first-order valence-electron chi connectivity index (χ1n) is 4.44. The van der Waals surface area contributed by atoms with Gasteiger partial charge in [-0.2, -0.15) is 0 Å². The maximum atomic E-state index is 10.8. The molecule has 80 valence electrons. The number of hydrogen-bond acceptors (Lipinski definition) is 2. The van der Waals surface area contributed by atoms with Crippen molar-refractivity contribution in [3.63, 3.8) is 0 Å². The summed E-state index contributed by atoms with van der Waals surface area (Å²) < 4.78 is 0. The quantitative estimate of drug-likeness (QED) is 0.424. The Morgan fingerprint density at radius 1 is 1.36 bits per heavy atom. The lowest BCUT2D eigenvalue weighted by molar-refractivity contribution is -0.132. The number of carboxylic acids is 1. The molecule has 0 fully saturated rings. The van der Waals surface area contributed by atoms with Gasteiger partial charge in [0.05, 0.1) is 5.57 Å². The van der Waals surface area contributed by atoms with E-state index >= 15 is 0 Å². The van der Waals surface area contributed by atoms with Crippen molar-refractivity contribution < 1.29 is 14.7 Å². The Morgan fingerprint density at radius 2 is 1.93 bits per heavy atom. The van der Waals surface area contributed by atoms with Gasteiger partial charge in [-0.25, -0.2) is 4.79 Å². The second kappa shape index (κ2) is 6.43. The van der Waals surface area contributed by atoms with Crippen LogP contribution >= 0.6 is 11.6 Å². The molecule has 0 aromatic heterocycles. The molecule has 0 radical (unpaired) electrons. The van der Waals surface area contributed by atoms with E-state index in [2.05, 4.69) is 5.32 Å². The van der Waals surface area contributed by atoms with Crippen LogP contribution in [-0.4, -0.2) is 16.4 Å². The van der Waals surface area contributed by atoms with Crippen molar-refractivity contribution in [3.8, 4) is 0 Å². The summed E-state index contributed by atoms with van der Waals surface area (Å²) in [6.45, 7) is 3.62. The molecule has 0 heterocycles. The van der Waals surface area contributed by atoms with Crippen LogP contribution in [0.4, 0.5) is 4.79 Å². The number of halogens is 1. The molecule has 0 bridgehead atoms.